The Balaban J connectivity index is 0. The number of hydrogen-bond donors (Lipinski definition) is 1. The van der Waals surface area contributed by atoms with Crippen LogP contribution in [0.4, 0.5) is 0 Å². The molecule has 0 heterocycles. The molecule has 0 aliphatic carbocycles. The molecule has 0 saturated heterocycles. The SMILES string of the molecule is [CH-]=NC(=[CH-])N.[Y]. The van der Waals surface area contributed by atoms with E-state index in [9.17, 15) is 0 Å². The van der Waals surface area contributed by atoms with Gasteiger partial charge in [-0.1, -0.05) is 0 Å². The van der Waals surface area contributed by atoms with Gasteiger partial charge in [0.1, 0.15) is 0 Å². The maximum atomic E-state index is 4.69. The third kappa shape index (κ3) is 8.85. The molecule has 3 heteroatoms. The summed E-state index contributed by atoms with van der Waals surface area (Å²) in [6, 6.07) is 0. The van der Waals surface area contributed by atoms with E-state index < -0.39 is 0 Å². The fraction of sp³-hybridized carbons (Fsp3) is 0. The Morgan fingerprint density at radius 2 is 1.83 bits per heavy atom. The van der Waals surface area contributed by atoms with E-state index in [4.69, 9.17) is 12.3 Å². The van der Waals surface area contributed by atoms with Gasteiger partial charge in [0.05, 0.1) is 0 Å². The molecule has 0 unspecified atom stereocenters. The van der Waals surface area contributed by atoms with Crippen LogP contribution in [0, 0.1) is 6.58 Å². The van der Waals surface area contributed by atoms with Crippen LogP contribution in [0.1, 0.15) is 0 Å². The van der Waals surface area contributed by atoms with Crippen molar-refractivity contribution < 1.29 is 32.7 Å². The molecule has 0 amide bonds. The van der Waals surface area contributed by atoms with Crippen molar-refractivity contribution in [1.82, 2.24) is 0 Å². The van der Waals surface area contributed by atoms with Crippen LogP contribution in [-0.2, 0) is 32.7 Å². The van der Waals surface area contributed by atoms with E-state index >= 15 is 0 Å². The minimum Gasteiger partial charge on any atom is -0.577 e. The zero-order chi connectivity index (χ0) is 4.28. The quantitative estimate of drug-likeness (QED) is 0.415. The van der Waals surface area contributed by atoms with Crippen LogP contribution in [0.5, 0.6) is 0 Å². The molecule has 0 rings (SSSR count). The smallest absolute Gasteiger partial charge is 0 e. The average Bonchev–Trinajstić information content (AvgIpc) is 1.38. The zero-order valence-corrected chi connectivity index (χ0v) is 6.09. The summed E-state index contributed by atoms with van der Waals surface area (Å²) in [5.41, 5.74) is 4.69. The van der Waals surface area contributed by atoms with Gasteiger partial charge in [-0.05, 0) is 0 Å². The molecule has 0 aromatic carbocycles. The molecule has 0 aliphatic heterocycles. The van der Waals surface area contributed by atoms with Gasteiger partial charge in [-0.15, -0.1) is 0 Å². The van der Waals surface area contributed by atoms with Crippen molar-refractivity contribution in [3.05, 3.63) is 12.4 Å². The Morgan fingerprint density at radius 3 is 1.83 bits per heavy atom. The second kappa shape index (κ2) is 5.31. The van der Waals surface area contributed by atoms with E-state index in [-0.39, 0.29) is 38.5 Å². The topological polar surface area (TPSA) is 38.4 Å². The Hall–Kier alpha value is 0.314. The number of nitrogens with zero attached hydrogens (tertiary/aromatic N) is 1. The average molecular weight is 157 g/mol. The Morgan fingerprint density at radius 1 is 1.67 bits per heavy atom. The summed E-state index contributed by atoms with van der Waals surface area (Å²) in [6.07, 6.45) is 0. The van der Waals surface area contributed by atoms with Gasteiger partial charge in [0.2, 0.25) is 0 Å². The van der Waals surface area contributed by atoms with Gasteiger partial charge in [-0.2, -0.15) is 6.72 Å². The zero-order valence-electron chi connectivity index (χ0n) is 3.26. The van der Waals surface area contributed by atoms with Crippen LogP contribution in [0.25, 0.3) is 0 Å². The van der Waals surface area contributed by atoms with E-state index in [0.29, 0.717) is 0 Å². The van der Waals surface area contributed by atoms with Crippen LogP contribution in [0.15, 0.2) is 10.8 Å². The standard InChI is InChI=1S/C3H4N2.Y/c1-3(4)5-2;/h1-2H,4H2;/q-2;. The first-order valence-corrected chi connectivity index (χ1v) is 1.06. The van der Waals surface area contributed by atoms with Crippen molar-refractivity contribution in [3.63, 3.8) is 0 Å². The van der Waals surface area contributed by atoms with Gasteiger partial charge in [0.15, 0.2) is 0 Å². The molecule has 0 fully saturated rings. The maximum Gasteiger partial charge on any atom is 0 e. The summed E-state index contributed by atoms with van der Waals surface area (Å²) in [5.74, 6) is -0.0926. The molecule has 0 aliphatic rings. The summed E-state index contributed by atoms with van der Waals surface area (Å²) in [6.45, 7) is 9.20. The molecule has 1 radical (unpaired) electrons. The van der Waals surface area contributed by atoms with Crippen molar-refractivity contribution in [1.29, 1.82) is 0 Å². The predicted octanol–water partition coefficient (Wildman–Crippen LogP) is -0.205. The fourth-order valence-electron chi connectivity index (χ4n) is 0. The van der Waals surface area contributed by atoms with Crippen LogP contribution in [0.3, 0.4) is 0 Å². The number of nitrogens with two attached hydrogens (primary N) is 1. The predicted molar refractivity (Wildman–Crippen MR) is 20.5 cm³/mol. The van der Waals surface area contributed by atoms with Crippen molar-refractivity contribution >= 4 is 6.72 Å². The van der Waals surface area contributed by atoms with Gasteiger partial charge in [-0.3, -0.25) is 0 Å². The summed E-state index contributed by atoms with van der Waals surface area (Å²) < 4.78 is 0. The van der Waals surface area contributed by atoms with Crippen LogP contribution >= 0.6 is 0 Å². The van der Waals surface area contributed by atoms with Crippen LogP contribution in [0.2, 0.25) is 0 Å². The van der Waals surface area contributed by atoms with E-state index in [2.05, 4.69) is 11.7 Å². The summed E-state index contributed by atoms with van der Waals surface area (Å²) >= 11 is 0. The second-order valence-electron chi connectivity index (χ2n) is 0.554. The van der Waals surface area contributed by atoms with Crippen LogP contribution in [-0.4, -0.2) is 6.72 Å². The van der Waals surface area contributed by atoms with E-state index in [1.54, 1.807) is 0 Å². The van der Waals surface area contributed by atoms with Gasteiger partial charge >= 0.3 is 0 Å². The largest absolute Gasteiger partial charge is 0.577 e. The molecule has 0 bridgehead atoms. The summed E-state index contributed by atoms with van der Waals surface area (Å²) in [4.78, 5) is 2.86. The first-order valence-electron chi connectivity index (χ1n) is 1.06. The molecular formula is C3H4N2Y-2. The first-order chi connectivity index (χ1) is 2.27. The van der Waals surface area contributed by atoms with Crippen molar-refractivity contribution in [2.45, 2.75) is 0 Å². The molecule has 0 aromatic heterocycles. The molecule has 31 valence electrons. The number of aliphatic imine (C=N–C) groups is 1. The van der Waals surface area contributed by atoms with Gasteiger partial charge in [-0.25, -0.2) is 5.82 Å². The van der Waals surface area contributed by atoms with E-state index in [1.165, 1.54) is 0 Å². The molecular weight excluding hydrogens is 153 g/mol. The van der Waals surface area contributed by atoms with Crippen molar-refractivity contribution in [2.75, 3.05) is 0 Å². The van der Waals surface area contributed by atoms with E-state index in [0.717, 1.165) is 0 Å². The van der Waals surface area contributed by atoms with Crippen molar-refractivity contribution in [2.24, 2.45) is 10.7 Å². The summed E-state index contributed by atoms with van der Waals surface area (Å²) in [5, 5.41) is 0. The normalized spacial score (nSPS) is 5.33. The van der Waals surface area contributed by atoms with Crippen molar-refractivity contribution in [3.8, 4) is 0 Å². The third-order valence-electron chi connectivity index (χ3n) is 0.149. The first kappa shape index (κ1) is 9.58. The second-order valence-corrected chi connectivity index (χ2v) is 0.554. The molecule has 6 heavy (non-hydrogen) atoms. The molecule has 0 spiro atoms. The molecule has 0 atom stereocenters. The Kier molecular flexibility index (Phi) is 8.48. The Bertz CT molecular complexity index is 59.8. The fourth-order valence-corrected chi connectivity index (χ4v) is 0. The minimum atomic E-state index is -0.0926. The minimum absolute atomic E-state index is 0. The summed E-state index contributed by atoms with van der Waals surface area (Å²) in [7, 11) is 0. The Labute approximate surface area is 62.4 Å². The van der Waals surface area contributed by atoms with E-state index in [1.807, 2.05) is 0 Å². The number of hydrogen-bond acceptors (Lipinski definition) is 2. The van der Waals surface area contributed by atoms with Gasteiger partial charge in [0, 0.05) is 32.7 Å². The van der Waals surface area contributed by atoms with Gasteiger partial charge < -0.3 is 17.3 Å². The molecule has 2 nitrogen and oxygen atoms in total. The third-order valence-corrected chi connectivity index (χ3v) is 0.149. The molecule has 0 saturated carbocycles. The monoisotopic (exact) mass is 157 g/mol. The molecule has 2 N–H and O–H groups in total. The maximum absolute atomic E-state index is 4.69. The number of rotatable bonds is 1. The molecule has 0 aromatic rings. The van der Waals surface area contributed by atoms with Crippen LogP contribution < -0.4 is 5.73 Å². The van der Waals surface area contributed by atoms with Gasteiger partial charge in [0.25, 0.3) is 0 Å².